The number of pyridine rings is 1. The number of para-hydroxylation sites is 2. The van der Waals surface area contributed by atoms with Gasteiger partial charge < -0.3 is 20.1 Å². The summed E-state index contributed by atoms with van der Waals surface area (Å²) in [6.45, 7) is 9.32. The number of benzene rings is 3. The number of nitrogens with zero attached hydrogens (tertiary/aromatic N) is 2. The maximum Gasteiger partial charge on any atom is 0.274 e. The van der Waals surface area contributed by atoms with Gasteiger partial charge in [0.1, 0.15) is 34.4 Å². The largest absolute Gasteiger partial charge is 0.494 e. The average Bonchev–Trinajstić information content (AvgIpc) is 2.98. The molecule has 4 rings (SSSR count). The molecule has 0 aliphatic rings. The molecule has 4 aromatic rings. The van der Waals surface area contributed by atoms with Gasteiger partial charge in [-0.1, -0.05) is 49.4 Å². The minimum Gasteiger partial charge on any atom is -0.494 e. The summed E-state index contributed by atoms with van der Waals surface area (Å²) in [6, 6.07) is 19.3. The van der Waals surface area contributed by atoms with E-state index >= 15 is 4.39 Å². The standard InChI is InChI=1S/C30H25FN4O4/c1-5-18-19(20-10-6-7-11-22(20)32-2)16-17-21(31)27(18)34-29(36)23-12-8-13-24(33-23)30(37)35-28-25(38-3)14-9-15-26(28)39-4/h6-17H,5H2,1,3-4H3,(H,34,36)(H,35,37). The molecule has 0 unspecified atom stereocenters. The molecule has 0 aliphatic heterocycles. The van der Waals surface area contributed by atoms with Gasteiger partial charge in [0, 0.05) is 0 Å². The maximum absolute atomic E-state index is 15.0. The van der Waals surface area contributed by atoms with E-state index in [9.17, 15) is 9.59 Å². The van der Waals surface area contributed by atoms with Crippen LogP contribution in [0.5, 0.6) is 11.5 Å². The summed E-state index contributed by atoms with van der Waals surface area (Å²) in [6.07, 6.45) is 0.395. The van der Waals surface area contributed by atoms with Crippen LogP contribution in [0.3, 0.4) is 0 Å². The van der Waals surface area contributed by atoms with Crippen molar-refractivity contribution in [2.75, 3.05) is 24.9 Å². The zero-order valence-electron chi connectivity index (χ0n) is 21.5. The Morgan fingerprint density at radius 2 is 1.41 bits per heavy atom. The molecule has 2 amide bonds. The van der Waals surface area contributed by atoms with Gasteiger partial charge in [0.2, 0.25) is 0 Å². The summed E-state index contributed by atoms with van der Waals surface area (Å²) >= 11 is 0. The molecule has 9 heteroatoms. The maximum atomic E-state index is 15.0. The van der Waals surface area contributed by atoms with E-state index in [1.165, 1.54) is 38.5 Å². The lowest BCUT2D eigenvalue weighted by atomic mass is 9.95. The second-order valence-electron chi connectivity index (χ2n) is 8.28. The molecule has 0 radical (unpaired) electrons. The van der Waals surface area contributed by atoms with Crippen molar-refractivity contribution >= 4 is 28.9 Å². The predicted octanol–water partition coefficient (Wildman–Crippen LogP) is 6.52. The van der Waals surface area contributed by atoms with Crippen molar-refractivity contribution in [1.29, 1.82) is 0 Å². The van der Waals surface area contributed by atoms with Gasteiger partial charge in [-0.15, -0.1) is 0 Å². The van der Waals surface area contributed by atoms with Crippen LogP contribution in [-0.2, 0) is 6.42 Å². The normalized spacial score (nSPS) is 10.3. The molecule has 0 atom stereocenters. The van der Waals surface area contributed by atoms with Crippen molar-refractivity contribution in [3.8, 4) is 22.6 Å². The van der Waals surface area contributed by atoms with Crippen molar-refractivity contribution < 1.29 is 23.5 Å². The van der Waals surface area contributed by atoms with E-state index < -0.39 is 17.6 Å². The highest BCUT2D eigenvalue weighted by atomic mass is 19.1. The van der Waals surface area contributed by atoms with Gasteiger partial charge in [-0.3, -0.25) is 9.59 Å². The molecule has 2 N–H and O–H groups in total. The van der Waals surface area contributed by atoms with Crippen molar-refractivity contribution in [3.63, 3.8) is 0 Å². The molecule has 8 nitrogen and oxygen atoms in total. The summed E-state index contributed by atoms with van der Waals surface area (Å²) in [5.41, 5.74) is 2.44. The molecule has 0 aliphatic carbocycles. The van der Waals surface area contributed by atoms with Crippen molar-refractivity contribution in [3.05, 3.63) is 107 Å². The topological polar surface area (TPSA) is 93.9 Å². The van der Waals surface area contributed by atoms with Crippen LogP contribution in [-0.4, -0.2) is 31.0 Å². The molecule has 0 spiro atoms. The average molecular weight is 525 g/mol. The molecule has 0 fully saturated rings. The second-order valence-corrected chi connectivity index (χ2v) is 8.28. The number of halogens is 1. The van der Waals surface area contributed by atoms with E-state index in [1.807, 2.05) is 6.92 Å². The van der Waals surface area contributed by atoms with Crippen LogP contribution in [0.2, 0.25) is 0 Å². The van der Waals surface area contributed by atoms with E-state index in [0.717, 1.165) is 0 Å². The van der Waals surface area contributed by atoms with Crippen LogP contribution >= 0.6 is 0 Å². The number of aromatic nitrogens is 1. The number of anilines is 2. The molecule has 196 valence electrons. The second kappa shape index (κ2) is 11.9. The number of hydrogen-bond donors (Lipinski definition) is 2. The first-order chi connectivity index (χ1) is 18.9. The molecule has 1 heterocycles. The Bertz CT molecular complexity index is 1570. The van der Waals surface area contributed by atoms with Gasteiger partial charge in [0.05, 0.1) is 26.5 Å². The van der Waals surface area contributed by atoms with Gasteiger partial charge in [-0.2, -0.15) is 0 Å². The lowest BCUT2D eigenvalue weighted by Gasteiger charge is -2.17. The third kappa shape index (κ3) is 5.55. The van der Waals surface area contributed by atoms with E-state index in [-0.39, 0.29) is 17.1 Å². The molecule has 0 saturated carbocycles. The summed E-state index contributed by atoms with van der Waals surface area (Å²) in [4.78, 5) is 33.9. The number of carbonyl (C=O) groups excluding carboxylic acids is 2. The number of methoxy groups -OCH3 is 2. The number of rotatable bonds is 8. The quantitative estimate of drug-likeness (QED) is 0.256. The minimum atomic E-state index is -0.691. The first-order valence-electron chi connectivity index (χ1n) is 12.0. The lowest BCUT2D eigenvalue weighted by molar-refractivity contribution is 0.101. The highest BCUT2D eigenvalue weighted by molar-refractivity contribution is 6.07. The first-order valence-corrected chi connectivity index (χ1v) is 12.0. The number of ether oxygens (including phenoxy) is 2. The highest BCUT2D eigenvalue weighted by Crippen LogP contribution is 2.37. The van der Waals surface area contributed by atoms with Crippen LogP contribution in [0.15, 0.2) is 72.8 Å². The third-order valence-corrected chi connectivity index (χ3v) is 6.05. The Hall–Kier alpha value is -5.23. The van der Waals surface area contributed by atoms with Gasteiger partial charge in [-0.05, 0) is 53.4 Å². The lowest BCUT2D eigenvalue weighted by Crippen LogP contribution is -2.20. The zero-order chi connectivity index (χ0) is 27.9. The summed E-state index contributed by atoms with van der Waals surface area (Å²) in [7, 11) is 2.93. The third-order valence-electron chi connectivity index (χ3n) is 6.05. The van der Waals surface area contributed by atoms with Gasteiger partial charge in [0.25, 0.3) is 11.8 Å². The van der Waals surface area contributed by atoms with Crippen LogP contribution in [0.4, 0.5) is 21.5 Å². The van der Waals surface area contributed by atoms with Gasteiger partial charge >= 0.3 is 0 Å². The Labute approximate surface area is 225 Å². The summed E-state index contributed by atoms with van der Waals surface area (Å²) < 4.78 is 25.6. The molecule has 39 heavy (non-hydrogen) atoms. The Morgan fingerprint density at radius 3 is 2.00 bits per heavy atom. The molecule has 1 aromatic heterocycles. The monoisotopic (exact) mass is 524 g/mol. The zero-order valence-corrected chi connectivity index (χ0v) is 21.5. The number of hydrogen-bond acceptors (Lipinski definition) is 5. The fourth-order valence-electron chi connectivity index (χ4n) is 4.19. The van der Waals surface area contributed by atoms with E-state index in [4.69, 9.17) is 16.0 Å². The van der Waals surface area contributed by atoms with E-state index in [0.29, 0.717) is 46.0 Å². The first kappa shape index (κ1) is 26.8. The van der Waals surface area contributed by atoms with Crippen LogP contribution in [0.1, 0.15) is 33.5 Å². The number of carbonyl (C=O) groups is 2. The Balaban J connectivity index is 1.64. The molecule has 3 aromatic carbocycles. The summed E-state index contributed by atoms with van der Waals surface area (Å²) in [5.74, 6) is -1.13. The fourth-order valence-corrected chi connectivity index (χ4v) is 4.19. The van der Waals surface area contributed by atoms with Crippen molar-refractivity contribution in [2.45, 2.75) is 13.3 Å². The smallest absolute Gasteiger partial charge is 0.274 e. The highest BCUT2D eigenvalue weighted by Gasteiger charge is 2.20. The molecular formula is C30H25FN4O4. The SMILES string of the molecule is [C-]#[N+]c1ccccc1-c1ccc(F)c(NC(=O)c2cccc(C(=O)Nc3c(OC)cccc3OC)n2)c1CC. The van der Waals surface area contributed by atoms with Crippen LogP contribution < -0.4 is 20.1 Å². The minimum absolute atomic E-state index is 0.00445. The van der Waals surface area contributed by atoms with Crippen molar-refractivity contribution in [2.24, 2.45) is 0 Å². The Morgan fingerprint density at radius 1 is 0.821 bits per heavy atom. The fraction of sp³-hybridized carbons (Fsp3) is 0.133. The summed E-state index contributed by atoms with van der Waals surface area (Å²) in [5, 5.41) is 5.33. The molecular weight excluding hydrogens is 499 g/mol. The predicted molar refractivity (Wildman–Crippen MR) is 147 cm³/mol. The Kier molecular flexibility index (Phi) is 8.17. The van der Waals surface area contributed by atoms with Gasteiger partial charge in [0.15, 0.2) is 5.69 Å². The van der Waals surface area contributed by atoms with E-state index in [2.05, 4.69) is 20.5 Å². The molecule has 0 bridgehead atoms. The van der Waals surface area contributed by atoms with Crippen LogP contribution in [0, 0.1) is 12.4 Å². The number of amides is 2. The molecule has 0 saturated heterocycles. The number of nitrogens with one attached hydrogen (secondary N) is 2. The van der Waals surface area contributed by atoms with E-state index in [1.54, 1.807) is 48.5 Å². The van der Waals surface area contributed by atoms with Crippen molar-refractivity contribution in [1.82, 2.24) is 4.98 Å². The van der Waals surface area contributed by atoms with Crippen LogP contribution in [0.25, 0.3) is 16.0 Å². The van der Waals surface area contributed by atoms with Gasteiger partial charge in [-0.25, -0.2) is 14.2 Å².